The summed E-state index contributed by atoms with van der Waals surface area (Å²) < 4.78 is 103. The van der Waals surface area contributed by atoms with Gasteiger partial charge in [-0.15, -0.1) is 0 Å². The number of hydrogen-bond donors (Lipinski definition) is 27. The van der Waals surface area contributed by atoms with Crippen LogP contribution in [0.3, 0.4) is 0 Å². The molecule has 9 fully saturated rings. The molecule has 0 aromatic heterocycles. The Morgan fingerprint density at radius 3 is 1.14 bits per heavy atom. The van der Waals surface area contributed by atoms with Gasteiger partial charge in [-0.05, 0) is 6.92 Å². The number of nitrogens with one attached hydrogen (secondary N) is 4. The third kappa shape index (κ3) is 19.9. The molecule has 0 bridgehead atoms. The molecule has 0 saturated carbocycles. The van der Waals surface area contributed by atoms with Crippen molar-refractivity contribution in [2.45, 2.75) is 305 Å². The summed E-state index contributed by atoms with van der Waals surface area (Å²) in [6.07, 6.45) is -83.2. The third-order valence-electron chi connectivity index (χ3n) is 19.9. The van der Waals surface area contributed by atoms with E-state index in [4.69, 9.17) is 80.5 Å². The molecule has 9 saturated heterocycles. The summed E-state index contributed by atoms with van der Waals surface area (Å²) in [6.45, 7) is -3.58. The number of carbonyl (C=O) groups is 4. The maximum Gasteiger partial charge on any atom is 0.217 e. The van der Waals surface area contributed by atoms with Crippen LogP contribution in [0.5, 0.6) is 0 Å². The van der Waals surface area contributed by atoms with E-state index in [-0.39, 0.29) is 0 Å². The highest BCUT2D eigenvalue weighted by molar-refractivity contribution is 5.74. The van der Waals surface area contributed by atoms with E-state index in [0.717, 1.165) is 27.7 Å². The van der Waals surface area contributed by atoms with Gasteiger partial charge in [0.15, 0.2) is 56.6 Å². The van der Waals surface area contributed by atoms with Crippen LogP contribution in [0, 0.1) is 0 Å². The normalized spacial score (nSPS) is 49.2. The molecule has 48 heteroatoms. The van der Waals surface area contributed by atoms with E-state index in [0.29, 0.717) is 0 Å². The lowest BCUT2D eigenvalue weighted by molar-refractivity contribution is -0.411. The Morgan fingerprint density at radius 2 is 0.651 bits per heavy atom. The fraction of sp³-hybridized carbons (Fsp3) is 0.934. The van der Waals surface area contributed by atoms with Crippen molar-refractivity contribution in [1.82, 2.24) is 21.3 Å². The van der Waals surface area contributed by atoms with Crippen LogP contribution in [0.15, 0.2) is 0 Å². The van der Waals surface area contributed by atoms with Crippen LogP contribution < -0.4 is 21.3 Å². The van der Waals surface area contributed by atoms with Crippen LogP contribution in [0.2, 0.25) is 0 Å². The molecule has 2 unspecified atom stereocenters. The average molecular weight is 1600 g/mol. The monoisotopic (exact) mass is 1590 g/mol. The van der Waals surface area contributed by atoms with E-state index in [1.807, 2.05) is 0 Å². The van der Waals surface area contributed by atoms with Crippen LogP contribution in [0.1, 0.15) is 34.6 Å². The van der Waals surface area contributed by atoms with Crippen molar-refractivity contribution in [3.8, 4) is 0 Å². The molecule has 27 N–H and O–H groups in total. The van der Waals surface area contributed by atoms with Crippen molar-refractivity contribution in [2.75, 3.05) is 52.9 Å². The zero-order valence-electron chi connectivity index (χ0n) is 58.9. The number of aliphatic hydroxyl groups excluding tert-OH is 23. The summed E-state index contributed by atoms with van der Waals surface area (Å²) in [5, 5.41) is 266. The van der Waals surface area contributed by atoms with Gasteiger partial charge in [0.25, 0.3) is 0 Å². The average Bonchev–Trinajstić information content (AvgIpc) is 0.782. The number of aliphatic hydroxyl groups is 23. The Hall–Kier alpha value is -3.72. The van der Waals surface area contributed by atoms with Crippen LogP contribution in [-0.4, -0.2) is 464 Å². The minimum atomic E-state index is -2.52. The number of hydrogen-bond acceptors (Lipinski definition) is 44. The summed E-state index contributed by atoms with van der Waals surface area (Å²) >= 11 is 0. The van der Waals surface area contributed by atoms with Crippen LogP contribution in [0.4, 0.5) is 0 Å². The van der Waals surface area contributed by atoms with Gasteiger partial charge in [-0.1, -0.05) is 0 Å². The van der Waals surface area contributed by atoms with Crippen molar-refractivity contribution >= 4 is 23.6 Å². The largest absolute Gasteiger partial charge is 0.394 e. The van der Waals surface area contributed by atoms with Crippen LogP contribution in [-0.2, 0) is 99.7 Å². The molecule has 9 aliphatic heterocycles. The zero-order valence-corrected chi connectivity index (χ0v) is 58.9. The van der Waals surface area contributed by atoms with Crippen molar-refractivity contribution < 1.29 is 217 Å². The molecule has 4 amide bonds. The van der Waals surface area contributed by atoms with Gasteiger partial charge in [-0.2, -0.15) is 0 Å². The Morgan fingerprint density at radius 1 is 0.294 bits per heavy atom. The molecule has 0 aromatic rings. The van der Waals surface area contributed by atoms with E-state index in [2.05, 4.69) is 21.3 Å². The second-order valence-corrected chi connectivity index (χ2v) is 27.7. The molecule has 0 aromatic carbocycles. The second-order valence-electron chi connectivity index (χ2n) is 27.7. The standard InChI is InChI=1S/C61H102N4O44/c1-14-31(77)41(87)45(91)58(95-14)105-48-30(65-18(5)75)53(92)96-25(11-71)47(48)104-56-29(64-17(4)74)40(86)46(24(10-70)101-56)103-61-52(109-57-44(90)32(78)19(76)12-93-57)49(106-60-51(43(89)36(82)23(9-69)100-60)108-55-28(63-16(3)73)39(85)34(80)21(7-67)98-55)37(83)26(102-61)13-94-59-50(42(88)35(81)22(8-68)99-59)107-54-27(62-15(2)72)38(84)33(79)20(6-66)97-54/h14,19-61,66-71,76-92H,6-13H2,1-5H3,(H,62,72)(H,63,73)(H,64,74)(H,65,75)/t14-,19+,20+,21+,22+,23+,24+,25+,26+,27+,28+,29+,30+,31+,32-,33+,34+,35+,36+,37+,38+,39+,40+,41+,42-,43-,44+,45-,46+,47+,48+,49-,50-,51-,52-,53?,54-,55-,56?,57-,58-,59-,60+,61-/m0/s1. The van der Waals surface area contributed by atoms with Crippen molar-refractivity contribution in [2.24, 2.45) is 0 Å². The Bertz CT molecular complexity index is 2900. The van der Waals surface area contributed by atoms with Gasteiger partial charge in [0, 0.05) is 27.7 Å². The minimum Gasteiger partial charge on any atom is -0.394 e. The van der Waals surface area contributed by atoms with Gasteiger partial charge >= 0.3 is 0 Å². The first kappa shape index (κ1) is 89.2. The zero-order chi connectivity index (χ0) is 80.2. The van der Waals surface area contributed by atoms with Crippen molar-refractivity contribution in [3.63, 3.8) is 0 Å². The van der Waals surface area contributed by atoms with Gasteiger partial charge in [0.2, 0.25) is 23.6 Å². The molecule has 0 aliphatic carbocycles. The molecule has 0 spiro atoms. The lowest BCUT2D eigenvalue weighted by Crippen LogP contribution is -2.71. The molecular weight excluding hydrogens is 1490 g/mol. The van der Waals surface area contributed by atoms with Crippen molar-refractivity contribution in [1.29, 1.82) is 0 Å². The maximum atomic E-state index is 13.4. The van der Waals surface area contributed by atoms with E-state index >= 15 is 0 Å². The van der Waals surface area contributed by atoms with Crippen molar-refractivity contribution in [3.05, 3.63) is 0 Å². The van der Waals surface area contributed by atoms with Gasteiger partial charge in [-0.25, -0.2) is 0 Å². The van der Waals surface area contributed by atoms with E-state index in [9.17, 15) is 137 Å². The van der Waals surface area contributed by atoms with Gasteiger partial charge in [0.05, 0.1) is 59.0 Å². The molecule has 0 radical (unpaired) electrons. The fourth-order valence-electron chi connectivity index (χ4n) is 14.1. The first-order valence-electron chi connectivity index (χ1n) is 34.9. The highest BCUT2D eigenvalue weighted by Crippen LogP contribution is 2.41. The summed E-state index contributed by atoms with van der Waals surface area (Å²) in [6, 6.07) is -7.40. The Kier molecular flexibility index (Phi) is 31.8. The predicted octanol–water partition coefficient (Wildman–Crippen LogP) is -18.4. The topological polar surface area (TPSA) is 739 Å². The Balaban J connectivity index is 1.14. The smallest absolute Gasteiger partial charge is 0.217 e. The highest BCUT2D eigenvalue weighted by Gasteiger charge is 2.61. The maximum absolute atomic E-state index is 13.4. The number of carbonyl (C=O) groups excluding carboxylic acids is 4. The van der Waals surface area contributed by atoms with Crippen LogP contribution in [0.25, 0.3) is 0 Å². The lowest BCUT2D eigenvalue weighted by Gasteiger charge is -2.52. The first-order valence-corrected chi connectivity index (χ1v) is 34.9. The fourth-order valence-corrected chi connectivity index (χ4v) is 14.1. The predicted molar refractivity (Wildman–Crippen MR) is 336 cm³/mol. The summed E-state index contributed by atoms with van der Waals surface area (Å²) in [5.74, 6) is -3.60. The SMILES string of the molecule is CC(=O)N[C@H]1[C@H](O[C@@H]2[C@@H](OC[C@H]3O[C@@H](O[C@H]4[C@H](O)[C@@H](NC(C)=O)C(O[C@H]5[C@H](O[C@@H]6O[C@@H](C)[C@@H](O)[C@@H](O)[C@@H]6O)[C@@H](NC(C)=O)C(O)O[C@@H]5CO)O[C@@H]4CO)[C@@H](O[C@@H]4OC[C@@H](O)[C@H](O)[C@H]4O)[C@@H](O[C@H]4O[C@H](CO)[C@@H](O)[C@H](O)[C@@H]4O[C@@H]4O[C@H](CO)[C@@H](O)[C@H](O)[C@H]4NC(C)=O)[C@@H]3O)O[C@H](CO)[C@@H](O)[C@@H]2O)O[C@H](CO)[C@@H](O)[C@@H]1O. The first-order chi connectivity index (χ1) is 51.5. The summed E-state index contributed by atoms with van der Waals surface area (Å²) in [4.78, 5) is 51.2. The quantitative estimate of drug-likeness (QED) is 0.0363. The third-order valence-corrected chi connectivity index (χ3v) is 19.9. The minimum absolute atomic E-state index is 0.847. The van der Waals surface area contributed by atoms with E-state index in [1.54, 1.807) is 0 Å². The molecule has 9 heterocycles. The van der Waals surface area contributed by atoms with Gasteiger partial charge in [0.1, 0.15) is 207 Å². The molecule has 44 atom stereocenters. The molecule has 9 rings (SSSR count). The molecule has 109 heavy (non-hydrogen) atoms. The highest BCUT2D eigenvalue weighted by atomic mass is 16.8. The molecule has 48 nitrogen and oxygen atoms in total. The summed E-state index contributed by atoms with van der Waals surface area (Å²) in [5.41, 5.74) is 0. The second kappa shape index (κ2) is 38.8. The van der Waals surface area contributed by atoms with Gasteiger partial charge in [-0.3, -0.25) is 19.2 Å². The van der Waals surface area contributed by atoms with E-state index < -0.39 is 346 Å². The molecule has 630 valence electrons. The van der Waals surface area contributed by atoms with E-state index in [1.165, 1.54) is 6.92 Å². The number of amides is 4. The Labute approximate surface area is 618 Å². The molecule has 9 aliphatic rings. The van der Waals surface area contributed by atoms with Crippen LogP contribution >= 0.6 is 0 Å². The number of ether oxygens (including phenoxy) is 17. The lowest BCUT2D eigenvalue weighted by atomic mass is 9.93. The molecular formula is C61H102N4O44. The summed E-state index contributed by atoms with van der Waals surface area (Å²) in [7, 11) is 0. The van der Waals surface area contributed by atoms with Gasteiger partial charge < -0.3 is 219 Å². The number of rotatable bonds is 27.